The molecular weight excluding hydrogens is 550 g/mol. The second-order valence-electron chi connectivity index (χ2n) is 10.4. The molecule has 1 aromatic heterocycles. The van der Waals surface area contributed by atoms with Crippen LogP contribution in [0.15, 0.2) is 61.3 Å². The van der Waals surface area contributed by atoms with Gasteiger partial charge in [0.1, 0.15) is 5.75 Å². The number of fused-ring (bicyclic) bond motifs is 4. The van der Waals surface area contributed by atoms with Gasteiger partial charge < -0.3 is 15.4 Å². The molecule has 0 spiro atoms. The first-order chi connectivity index (χ1) is 19.4. The Balaban J connectivity index is 1.51. The van der Waals surface area contributed by atoms with E-state index in [0.717, 1.165) is 19.5 Å². The largest absolute Gasteiger partial charge is 0.497 e. The molecule has 6 nitrogen and oxygen atoms in total. The van der Waals surface area contributed by atoms with Crippen molar-refractivity contribution in [1.82, 2.24) is 15.2 Å². The topological polar surface area (TPSA) is 66.5 Å². The fourth-order valence-corrected chi connectivity index (χ4v) is 6.01. The quantitative estimate of drug-likeness (QED) is 0.243. The summed E-state index contributed by atoms with van der Waals surface area (Å²) in [4.78, 5) is 19.9. The summed E-state index contributed by atoms with van der Waals surface area (Å²) in [5.74, 6) is 1.17. The summed E-state index contributed by atoms with van der Waals surface area (Å²) in [5.41, 5.74) is -2.50. The Kier molecular flexibility index (Phi) is 7.62. The summed E-state index contributed by atoms with van der Waals surface area (Å²) < 4.78 is 86.0. The van der Waals surface area contributed by atoms with Crippen molar-refractivity contribution in [3.63, 3.8) is 0 Å². The van der Waals surface area contributed by atoms with Crippen LogP contribution in [-0.2, 0) is 12.4 Å². The maximum Gasteiger partial charge on any atom is 0.418 e. The number of methoxy groups -OCH3 is 1. The second-order valence-corrected chi connectivity index (χ2v) is 10.4. The molecule has 0 saturated carbocycles. The number of carbonyl (C=O) groups is 1. The Labute approximate surface area is 232 Å². The molecule has 3 aliphatic rings. The van der Waals surface area contributed by atoms with E-state index >= 15 is 0 Å². The highest BCUT2D eigenvalue weighted by molar-refractivity contribution is 5.91. The molecule has 2 amide bonds. The zero-order valence-electron chi connectivity index (χ0n) is 22.0. The highest BCUT2D eigenvalue weighted by Crippen LogP contribution is 2.43. The van der Waals surface area contributed by atoms with E-state index in [-0.39, 0.29) is 18.0 Å². The number of nitrogens with zero attached hydrogens (tertiary/aromatic N) is 2. The van der Waals surface area contributed by atoms with Crippen LogP contribution in [0.5, 0.6) is 5.75 Å². The minimum absolute atomic E-state index is 0.00301. The molecule has 4 heterocycles. The van der Waals surface area contributed by atoms with Gasteiger partial charge in [-0.3, -0.25) is 9.88 Å². The summed E-state index contributed by atoms with van der Waals surface area (Å²) in [5, 5.41) is 5.70. The molecule has 41 heavy (non-hydrogen) atoms. The van der Waals surface area contributed by atoms with Gasteiger partial charge in [0.25, 0.3) is 0 Å². The number of halogens is 6. The van der Waals surface area contributed by atoms with Gasteiger partial charge in [-0.15, -0.1) is 6.58 Å². The molecule has 2 aromatic carbocycles. The van der Waals surface area contributed by atoms with Gasteiger partial charge in [-0.05, 0) is 79.3 Å². The normalized spacial score (nSPS) is 23.2. The maximum absolute atomic E-state index is 13.7. The fourth-order valence-electron chi connectivity index (χ4n) is 6.01. The molecule has 3 aromatic rings. The number of hydrogen-bond donors (Lipinski definition) is 2. The van der Waals surface area contributed by atoms with Gasteiger partial charge in [0.15, 0.2) is 0 Å². The average Bonchev–Trinajstić information content (AvgIpc) is 2.94. The van der Waals surface area contributed by atoms with Gasteiger partial charge in [-0.25, -0.2) is 4.79 Å². The number of piperidine rings is 3. The number of ether oxygens (including phenoxy) is 1. The van der Waals surface area contributed by atoms with Crippen molar-refractivity contribution in [2.24, 2.45) is 11.8 Å². The first-order valence-electron chi connectivity index (χ1n) is 13.0. The number of alkyl halides is 6. The molecule has 12 heteroatoms. The van der Waals surface area contributed by atoms with E-state index < -0.39 is 41.2 Å². The lowest BCUT2D eigenvalue weighted by Gasteiger charge is -2.51. The number of hydrogen-bond acceptors (Lipinski definition) is 4. The fraction of sp³-hybridized carbons (Fsp3) is 0.379. The van der Waals surface area contributed by atoms with Crippen LogP contribution >= 0.6 is 0 Å². The summed E-state index contributed by atoms with van der Waals surface area (Å²) >= 11 is 0. The summed E-state index contributed by atoms with van der Waals surface area (Å²) in [6.45, 7) is 5.45. The lowest BCUT2D eigenvalue weighted by atomic mass is 9.73. The molecule has 2 N–H and O–H groups in total. The maximum atomic E-state index is 13.7. The molecule has 3 saturated heterocycles. The number of pyridine rings is 1. The van der Waals surface area contributed by atoms with E-state index in [4.69, 9.17) is 4.74 Å². The molecule has 2 bridgehead atoms. The van der Waals surface area contributed by atoms with Crippen LogP contribution in [0, 0.1) is 11.8 Å². The Morgan fingerprint density at radius 2 is 1.90 bits per heavy atom. The minimum Gasteiger partial charge on any atom is -0.497 e. The van der Waals surface area contributed by atoms with Crippen LogP contribution in [0.25, 0.3) is 10.9 Å². The number of carbonyl (C=O) groups excluding carboxylic acids is 1. The SMILES string of the molecule is C=C[C@H]1CN2CC[C@H]1C[C@@H]2[C@@H](NC(=O)Nc1ccc(C(F)(F)F)cc1C(F)(F)F)c1ccnc2ccc(OC)cc12. The molecule has 3 fully saturated rings. The minimum atomic E-state index is -5.13. The van der Waals surface area contributed by atoms with Gasteiger partial charge in [-0.2, -0.15) is 26.3 Å². The van der Waals surface area contributed by atoms with E-state index in [9.17, 15) is 31.1 Å². The lowest BCUT2D eigenvalue weighted by Crippen LogP contribution is -2.57. The second kappa shape index (κ2) is 10.9. The molecule has 5 atom stereocenters. The number of rotatable bonds is 6. The van der Waals surface area contributed by atoms with Crippen LogP contribution in [-0.4, -0.2) is 42.2 Å². The van der Waals surface area contributed by atoms with Crippen molar-refractivity contribution in [2.45, 2.75) is 37.3 Å². The van der Waals surface area contributed by atoms with E-state index in [0.29, 0.717) is 46.7 Å². The highest BCUT2D eigenvalue weighted by atomic mass is 19.4. The molecule has 1 unspecified atom stereocenters. The monoisotopic (exact) mass is 578 g/mol. The lowest BCUT2D eigenvalue weighted by molar-refractivity contribution is -0.142. The van der Waals surface area contributed by atoms with Crippen LogP contribution in [0.2, 0.25) is 0 Å². The van der Waals surface area contributed by atoms with Crippen molar-refractivity contribution in [1.29, 1.82) is 0 Å². The zero-order valence-corrected chi connectivity index (χ0v) is 22.0. The number of aromatic nitrogens is 1. The number of anilines is 1. The Morgan fingerprint density at radius 3 is 2.54 bits per heavy atom. The Bertz CT molecular complexity index is 1460. The Hall–Kier alpha value is -3.80. The summed E-state index contributed by atoms with van der Waals surface area (Å²) in [6, 6.07) is 6.33. The van der Waals surface area contributed by atoms with Gasteiger partial charge in [0.05, 0.1) is 35.5 Å². The van der Waals surface area contributed by atoms with Gasteiger partial charge in [0, 0.05) is 24.2 Å². The molecular formula is C29H28F6N4O2. The van der Waals surface area contributed by atoms with Crippen LogP contribution in [0.3, 0.4) is 0 Å². The van der Waals surface area contributed by atoms with Crippen molar-refractivity contribution in [2.75, 3.05) is 25.5 Å². The molecule has 218 valence electrons. The summed E-state index contributed by atoms with van der Waals surface area (Å²) in [7, 11) is 1.52. The predicted octanol–water partition coefficient (Wildman–Crippen LogP) is 7.04. The number of nitrogens with one attached hydrogen (secondary N) is 2. The number of benzene rings is 2. The zero-order chi connectivity index (χ0) is 29.5. The number of urea groups is 1. The molecule has 6 rings (SSSR count). The molecule has 0 aliphatic carbocycles. The Morgan fingerprint density at radius 1 is 1.12 bits per heavy atom. The third kappa shape index (κ3) is 5.83. The van der Waals surface area contributed by atoms with E-state index in [1.54, 1.807) is 30.5 Å². The standard InChI is InChI=1S/C29H28F6N4O2/c1-3-16-15-39-11-9-17(16)12-25(39)26(20-8-10-36-23-7-5-19(41-2)14-21(20)23)38-27(40)37-24-6-4-18(28(30,31)32)13-22(24)29(33,34)35/h3-8,10,13-14,16-17,25-26H,1,9,11-12,15H2,2H3,(H2,37,38,40)/t16-,17-,25+,26-/m0/s1. The first-order valence-corrected chi connectivity index (χ1v) is 13.0. The van der Waals surface area contributed by atoms with Gasteiger partial charge in [-0.1, -0.05) is 6.08 Å². The third-order valence-electron chi connectivity index (χ3n) is 8.04. The third-order valence-corrected chi connectivity index (χ3v) is 8.04. The van der Waals surface area contributed by atoms with Crippen molar-refractivity contribution in [3.8, 4) is 5.75 Å². The molecule has 0 radical (unpaired) electrons. The van der Waals surface area contributed by atoms with Gasteiger partial charge in [0.2, 0.25) is 0 Å². The van der Waals surface area contributed by atoms with Crippen LogP contribution in [0.4, 0.5) is 36.8 Å². The summed E-state index contributed by atoms with van der Waals surface area (Å²) in [6.07, 6.45) is -4.92. The van der Waals surface area contributed by atoms with Crippen molar-refractivity contribution < 1.29 is 35.9 Å². The average molecular weight is 579 g/mol. The van der Waals surface area contributed by atoms with E-state index in [2.05, 4.69) is 27.1 Å². The number of amides is 2. The van der Waals surface area contributed by atoms with Crippen molar-refractivity contribution >= 4 is 22.6 Å². The molecule has 3 aliphatic heterocycles. The van der Waals surface area contributed by atoms with Crippen LogP contribution < -0.4 is 15.4 Å². The van der Waals surface area contributed by atoms with Gasteiger partial charge >= 0.3 is 18.4 Å². The van der Waals surface area contributed by atoms with E-state index in [1.807, 2.05) is 6.08 Å². The highest BCUT2D eigenvalue weighted by Gasteiger charge is 2.44. The van der Waals surface area contributed by atoms with Crippen LogP contribution in [0.1, 0.15) is 35.6 Å². The van der Waals surface area contributed by atoms with E-state index in [1.165, 1.54) is 7.11 Å². The predicted molar refractivity (Wildman–Crippen MR) is 141 cm³/mol. The van der Waals surface area contributed by atoms with Crippen molar-refractivity contribution in [3.05, 3.63) is 78.0 Å². The smallest absolute Gasteiger partial charge is 0.418 e. The first kappa shape index (κ1) is 28.7.